The van der Waals surface area contributed by atoms with Gasteiger partial charge in [-0.15, -0.1) is 12.4 Å². The number of halogens is 2. The third-order valence-corrected chi connectivity index (χ3v) is 2.32. The van der Waals surface area contributed by atoms with Crippen molar-refractivity contribution in [1.29, 1.82) is 0 Å². The highest BCUT2D eigenvalue weighted by Gasteiger charge is 2.12. The van der Waals surface area contributed by atoms with E-state index >= 15 is 0 Å². The molecule has 0 spiro atoms. The van der Waals surface area contributed by atoms with Crippen LogP contribution in [-0.2, 0) is 0 Å². The van der Waals surface area contributed by atoms with Crippen molar-refractivity contribution in [3.05, 3.63) is 35.1 Å². The lowest BCUT2D eigenvalue weighted by atomic mass is 10.1. The number of rotatable bonds is 4. The first-order chi connectivity index (χ1) is 7.52. The summed E-state index contributed by atoms with van der Waals surface area (Å²) in [6.07, 6.45) is 0.680. The Morgan fingerprint density at radius 3 is 2.76 bits per heavy atom. The summed E-state index contributed by atoms with van der Waals surface area (Å²) in [5, 5.41) is 2.64. The summed E-state index contributed by atoms with van der Waals surface area (Å²) in [6.45, 7) is 3.96. The molecule has 0 fully saturated rings. The van der Waals surface area contributed by atoms with Crippen LogP contribution in [0.1, 0.15) is 29.3 Å². The van der Waals surface area contributed by atoms with Gasteiger partial charge >= 0.3 is 0 Å². The Morgan fingerprint density at radius 2 is 2.18 bits per heavy atom. The Hall–Kier alpha value is -1.13. The summed E-state index contributed by atoms with van der Waals surface area (Å²) in [4.78, 5) is 11.6. The van der Waals surface area contributed by atoms with E-state index in [0.717, 1.165) is 0 Å². The summed E-state index contributed by atoms with van der Waals surface area (Å²) in [5.41, 5.74) is 6.11. The molecule has 5 heteroatoms. The topological polar surface area (TPSA) is 55.1 Å². The van der Waals surface area contributed by atoms with Gasteiger partial charge in [0.15, 0.2) is 0 Å². The molecule has 1 rings (SSSR count). The van der Waals surface area contributed by atoms with Gasteiger partial charge in [-0.2, -0.15) is 0 Å². The highest BCUT2D eigenvalue weighted by atomic mass is 35.5. The summed E-state index contributed by atoms with van der Waals surface area (Å²) < 4.78 is 13.6. The smallest absolute Gasteiger partial charge is 0.254 e. The summed E-state index contributed by atoms with van der Waals surface area (Å²) in [7, 11) is 0. The highest BCUT2D eigenvalue weighted by Crippen LogP contribution is 2.11. The van der Waals surface area contributed by atoms with Crippen LogP contribution in [0.15, 0.2) is 18.2 Å². The first kappa shape index (κ1) is 15.9. The molecule has 96 valence electrons. The molecular weight excluding hydrogens is 243 g/mol. The minimum atomic E-state index is -0.458. The molecule has 0 aliphatic carbocycles. The monoisotopic (exact) mass is 260 g/mol. The number of hydrogen-bond donors (Lipinski definition) is 2. The molecule has 1 aromatic carbocycles. The van der Waals surface area contributed by atoms with Crippen molar-refractivity contribution in [2.24, 2.45) is 5.73 Å². The molecule has 0 aliphatic heterocycles. The zero-order valence-corrected chi connectivity index (χ0v) is 10.8. The number of carbonyl (C=O) groups is 1. The molecule has 3 nitrogen and oxygen atoms in total. The second-order valence-electron chi connectivity index (χ2n) is 3.96. The highest BCUT2D eigenvalue weighted by molar-refractivity contribution is 5.94. The van der Waals surface area contributed by atoms with Gasteiger partial charge in [-0.25, -0.2) is 4.39 Å². The van der Waals surface area contributed by atoms with Gasteiger partial charge in [-0.05, 0) is 31.9 Å². The molecule has 3 N–H and O–H groups in total. The molecule has 1 unspecified atom stereocenters. The molecule has 0 radical (unpaired) electrons. The zero-order valence-electron chi connectivity index (χ0n) is 10.00. The van der Waals surface area contributed by atoms with E-state index in [2.05, 4.69) is 5.32 Å². The Kier molecular flexibility index (Phi) is 6.76. The summed E-state index contributed by atoms with van der Waals surface area (Å²) >= 11 is 0. The van der Waals surface area contributed by atoms with E-state index in [1.165, 1.54) is 6.07 Å². The Morgan fingerprint density at radius 1 is 1.53 bits per heavy atom. The number of aryl methyl sites for hydroxylation is 1. The average Bonchev–Trinajstić information content (AvgIpc) is 2.21. The number of amides is 1. The fourth-order valence-corrected chi connectivity index (χ4v) is 1.33. The van der Waals surface area contributed by atoms with Crippen molar-refractivity contribution in [3.63, 3.8) is 0 Å². The van der Waals surface area contributed by atoms with E-state index in [-0.39, 0.29) is 29.9 Å². The van der Waals surface area contributed by atoms with Gasteiger partial charge in [0.25, 0.3) is 5.91 Å². The third kappa shape index (κ3) is 4.71. The van der Waals surface area contributed by atoms with Crippen molar-refractivity contribution in [2.45, 2.75) is 26.3 Å². The fourth-order valence-electron chi connectivity index (χ4n) is 1.33. The van der Waals surface area contributed by atoms with Gasteiger partial charge in [-0.1, -0.05) is 12.1 Å². The SMILES string of the molecule is Cc1cccc(C(=O)NCCC(C)N)c1F.Cl. The zero-order chi connectivity index (χ0) is 12.1. The van der Waals surface area contributed by atoms with Crippen LogP contribution in [0.2, 0.25) is 0 Å². The maximum Gasteiger partial charge on any atom is 0.254 e. The van der Waals surface area contributed by atoms with Crippen LogP contribution in [0.4, 0.5) is 4.39 Å². The molecule has 1 amide bonds. The third-order valence-electron chi connectivity index (χ3n) is 2.32. The molecule has 1 atom stereocenters. The lowest BCUT2D eigenvalue weighted by Gasteiger charge is -2.08. The molecule has 0 saturated carbocycles. The van der Waals surface area contributed by atoms with Crippen LogP contribution in [0.3, 0.4) is 0 Å². The van der Waals surface area contributed by atoms with Gasteiger partial charge in [0.2, 0.25) is 0 Å². The van der Waals surface area contributed by atoms with Crippen molar-refractivity contribution < 1.29 is 9.18 Å². The Labute approximate surface area is 107 Å². The minimum absolute atomic E-state index is 0. The van der Waals surface area contributed by atoms with Crippen LogP contribution < -0.4 is 11.1 Å². The quantitative estimate of drug-likeness (QED) is 0.870. The second kappa shape index (κ2) is 7.25. The maximum atomic E-state index is 13.6. The maximum absolute atomic E-state index is 13.6. The first-order valence-electron chi connectivity index (χ1n) is 5.31. The molecule has 0 aromatic heterocycles. The van der Waals surface area contributed by atoms with Gasteiger partial charge in [-0.3, -0.25) is 4.79 Å². The number of carbonyl (C=O) groups excluding carboxylic acids is 1. The molecule has 0 aliphatic rings. The van der Waals surface area contributed by atoms with E-state index in [9.17, 15) is 9.18 Å². The predicted molar refractivity (Wildman–Crippen MR) is 69.0 cm³/mol. The molecule has 17 heavy (non-hydrogen) atoms. The van der Waals surface area contributed by atoms with Crippen LogP contribution >= 0.6 is 12.4 Å². The fraction of sp³-hybridized carbons (Fsp3) is 0.417. The number of nitrogens with two attached hydrogens (primary N) is 1. The van der Waals surface area contributed by atoms with Crippen LogP contribution in [0.25, 0.3) is 0 Å². The van der Waals surface area contributed by atoms with Gasteiger partial charge in [0, 0.05) is 12.6 Å². The Bertz CT molecular complexity index is 383. The van der Waals surface area contributed by atoms with Gasteiger partial charge < -0.3 is 11.1 Å². The lowest BCUT2D eigenvalue weighted by molar-refractivity contribution is 0.0948. The standard InChI is InChI=1S/C12H17FN2O.ClH/c1-8-4-3-5-10(11(8)13)12(16)15-7-6-9(2)14;/h3-5,9H,6-7,14H2,1-2H3,(H,15,16);1H. The van der Waals surface area contributed by atoms with Gasteiger partial charge in [0.05, 0.1) is 5.56 Å². The van der Waals surface area contributed by atoms with Crippen LogP contribution in [0.5, 0.6) is 0 Å². The van der Waals surface area contributed by atoms with E-state index in [1.807, 2.05) is 6.92 Å². The number of nitrogens with one attached hydrogen (secondary N) is 1. The molecular formula is C12H18ClFN2O. The van der Waals surface area contributed by atoms with Crippen molar-refractivity contribution in [1.82, 2.24) is 5.32 Å². The average molecular weight is 261 g/mol. The van der Waals surface area contributed by atoms with E-state index in [4.69, 9.17) is 5.73 Å². The van der Waals surface area contributed by atoms with Crippen molar-refractivity contribution in [3.8, 4) is 0 Å². The van der Waals surface area contributed by atoms with Crippen LogP contribution in [0, 0.1) is 12.7 Å². The number of hydrogen-bond acceptors (Lipinski definition) is 2. The second-order valence-corrected chi connectivity index (χ2v) is 3.96. The minimum Gasteiger partial charge on any atom is -0.352 e. The summed E-state index contributed by atoms with van der Waals surface area (Å²) in [6, 6.07) is 4.80. The predicted octanol–water partition coefficient (Wildman–Crippen LogP) is 2.02. The number of benzene rings is 1. The normalized spacial score (nSPS) is 11.5. The van der Waals surface area contributed by atoms with Crippen LogP contribution in [-0.4, -0.2) is 18.5 Å². The molecule has 1 aromatic rings. The van der Waals surface area contributed by atoms with Crippen molar-refractivity contribution >= 4 is 18.3 Å². The van der Waals surface area contributed by atoms with E-state index < -0.39 is 5.82 Å². The Balaban J connectivity index is 0.00000256. The van der Waals surface area contributed by atoms with Crippen molar-refractivity contribution in [2.75, 3.05) is 6.54 Å². The first-order valence-corrected chi connectivity index (χ1v) is 5.31. The molecule has 0 saturated heterocycles. The molecule has 0 heterocycles. The lowest BCUT2D eigenvalue weighted by Crippen LogP contribution is -2.29. The van der Waals surface area contributed by atoms with E-state index in [0.29, 0.717) is 18.5 Å². The summed E-state index contributed by atoms with van der Waals surface area (Å²) in [5.74, 6) is -0.845. The largest absolute Gasteiger partial charge is 0.352 e. The molecule has 0 bridgehead atoms. The van der Waals surface area contributed by atoms with E-state index in [1.54, 1.807) is 19.1 Å². The van der Waals surface area contributed by atoms with Gasteiger partial charge in [0.1, 0.15) is 5.82 Å².